The van der Waals surface area contributed by atoms with Gasteiger partial charge in [0.25, 0.3) is 0 Å². The van der Waals surface area contributed by atoms with Gasteiger partial charge in [-0.15, -0.1) is 0 Å². The Hall–Kier alpha value is -0.850. The lowest BCUT2D eigenvalue weighted by atomic mass is 10.1. The average molecular weight is 303 g/mol. The summed E-state index contributed by atoms with van der Waals surface area (Å²) >= 11 is 0. The summed E-state index contributed by atoms with van der Waals surface area (Å²) in [6, 6.07) is 0. The molecule has 0 aromatic carbocycles. The third kappa shape index (κ3) is 5.13. The molecule has 0 radical (unpaired) electrons. The van der Waals surface area contributed by atoms with Crippen LogP contribution in [0.2, 0.25) is 0 Å². The van der Waals surface area contributed by atoms with Gasteiger partial charge in [-0.1, -0.05) is 0 Å². The van der Waals surface area contributed by atoms with E-state index in [-0.39, 0.29) is 12.2 Å². The normalized spacial score (nSPS) is 24.8. The van der Waals surface area contributed by atoms with E-state index < -0.39 is 23.5 Å². The molecule has 0 aliphatic carbocycles. The van der Waals surface area contributed by atoms with E-state index in [9.17, 15) is 9.90 Å². The van der Waals surface area contributed by atoms with E-state index in [0.29, 0.717) is 13.0 Å². The summed E-state index contributed by atoms with van der Waals surface area (Å²) in [7, 11) is 1.56. The van der Waals surface area contributed by atoms with E-state index in [1.165, 1.54) is 0 Å². The second-order valence-corrected chi connectivity index (χ2v) is 7.02. The molecule has 0 bridgehead atoms. The maximum absolute atomic E-state index is 12.2. The monoisotopic (exact) mass is 303 g/mol. The Morgan fingerprint density at radius 3 is 2.52 bits per heavy atom. The van der Waals surface area contributed by atoms with Gasteiger partial charge in [0.15, 0.2) is 0 Å². The molecule has 1 fully saturated rings. The fourth-order valence-corrected chi connectivity index (χ4v) is 2.28. The average Bonchev–Trinajstić information content (AvgIpc) is 2.60. The SMILES string of the molecule is CO[C@H](C)[C@H](O)C[C@H]1CN(C(=O)OC(C)(C)C)C(C)(C)O1. The van der Waals surface area contributed by atoms with Gasteiger partial charge in [-0.25, -0.2) is 4.79 Å². The third-order valence-corrected chi connectivity index (χ3v) is 3.52. The molecule has 1 N–H and O–H groups in total. The minimum Gasteiger partial charge on any atom is -0.444 e. The minimum absolute atomic E-state index is 0.236. The van der Waals surface area contributed by atoms with Crippen molar-refractivity contribution in [1.82, 2.24) is 4.90 Å². The quantitative estimate of drug-likeness (QED) is 0.862. The molecule has 1 saturated heterocycles. The van der Waals surface area contributed by atoms with E-state index in [0.717, 1.165) is 0 Å². The van der Waals surface area contributed by atoms with E-state index in [1.54, 1.807) is 18.9 Å². The number of rotatable bonds is 4. The highest BCUT2D eigenvalue weighted by Crippen LogP contribution is 2.30. The number of aliphatic hydroxyl groups excluding tert-OH is 1. The smallest absolute Gasteiger partial charge is 0.412 e. The highest BCUT2D eigenvalue weighted by atomic mass is 16.6. The largest absolute Gasteiger partial charge is 0.444 e. The van der Waals surface area contributed by atoms with Crippen LogP contribution in [0.15, 0.2) is 0 Å². The first-order valence-corrected chi connectivity index (χ1v) is 7.35. The second-order valence-electron chi connectivity index (χ2n) is 7.02. The molecule has 6 heteroatoms. The molecule has 0 aromatic heterocycles. The van der Waals surface area contributed by atoms with Gasteiger partial charge < -0.3 is 19.3 Å². The second kappa shape index (κ2) is 6.50. The molecule has 1 heterocycles. The first kappa shape index (κ1) is 18.2. The van der Waals surface area contributed by atoms with E-state index in [1.807, 2.05) is 34.6 Å². The van der Waals surface area contributed by atoms with Crippen LogP contribution in [0.5, 0.6) is 0 Å². The predicted octanol–water partition coefficient (Wildman–Crippen LogP) is 2.14. The summed E-state index contributed by atoms with van der Waals surface area (Å²) in [4.78, 5) is 13.8. The van der Waals surface area contributed by atoms with Crippen LogP contribution in [-0.2, 0) is 14.2 Å². The Balaban J connectivity index is 2.67. The van der Waals surface area contributed by atoms with Crippen LogP contribution in [0.4, 0.5) is 4.79 Å². The van der Waals surface area contributed by atoms with Crippen molar-refractivity contribution in [3.63, 3.8) is 0 Å². The van der Waals surface area contributed by atoms with Gasteiger partial charge in [0.2, 0.25) is 0 Å². The molecular weight excluding hydrogens is 274 g/mol. The van der Waals surface area contributed by atoms with Crippen molar-refractivity contribution in [2.24, 2.45) is 0 Å². The van der Waals surface area contributed by atoms with Crippen molar-refractivity contribution >= 4 is 6.09 Å². The lowest BCUT2D eigenvalue weighted by molar-refractivity contribution is -0.0929. The number of nitrogens with zero attached hydrogens (tertiary/aromatic N) is 1. The number of carbonyl (C=O) groups excluding carboxylic acids is 1. The van der Waals surface area contributed by atoms with Crippen molar-refractivity contribution in [3.8, 4) is 0 Å². The van der Waals surface area contributed by atoms with Crippen LogP contribution in [0, 0.1) is 0 Å². The summed E-state index contributed by atoms with van der Waals surface area (Å²) < 4.78 is 16.4. The highest BCUT2D eigenvalue weighted by Gasteiger charge is 2.44. The lowest BCUT2D eigenvalue weighted by Gasteiger charge is -2.31. The van der Waals surface area contributed by atoms with Gasteiger partial charge in [0.1, 0.15) is 11.3 Å². The van der Waals surface area contributed by atoms with Crippen LogP contribution in [0.3, 0.4) is 0 Å². The van der Waals surface area contributed by atoms with Crippen molar-refractivity contribution in [2.45, 2.75) is 77.6 Å². The molecule has 6 nitrogen and oxygen atoms in total. The summed E-state index contributed by atoms with van der Waals surface area (Å²) in [6.45, 7) is 11.3. The van der Waals surface area contributed by atoms with Crippen molar-refractivity contribution < 1.29 is 24.1 Å². The van der Waals surface area contributed by atoms with E-state index in [2.05, 4.69) is 0 Å². The fourth-order valence-electron chi connectivity index (χ4n) is 2.28. The van der Waals surface area contributed by atoms with Gasteiger partial charge in [-0.3, -0.25) is 4.90 Å². The molecule has 124 valence electrons. The number of aliphatic hydroxyl groups is 1. The molecule has 1 aliphatic rings. The number of hydrogen-bond donors (Lipinski definition) is 1. The fraction of sp³-hybridized carbons (Fsp3) is 0.933. The standard InChI is InChI=1S/C15H29NO5/c1-10(19-7)12(17)8-11-9-16(15(5,6)20-11)13(18)21-14(2,3)4/h10-12,17H,8-9H2,1-7H3/t10-,11+,12-/m1/s1. The summed E-state index contributed by atoms with van der Waals surface area (Å²) in [5.74, 6) is 0. The third-order valence-electron chi connectivity index (χ3n) is 3.52. The molecule has 0 saturated carbocycles. The Morgan fingerprint density at radius 1 is 1.48 bits per heavy atom. The topological polar surface area (TPSA) is 68.2 Å². The maximum atomic E-state index is 12.2. The molecular formula is C15H29NO5. The summed E-state index contributed by atoms with van der Waals surface area (Å²) in [6.07, 6.45) is -1.12. The highest BCUT2D eigenvalue weighted by molar-refractivity contribution is 5.69. The number of carbonyl (C=O) groups is 1. The molecule has 0 unspecified atom stereocenters. The summed E-state index contributed by atoms with van der Waals surface area (Å²) in [5, 5.41) is 10.0. The zero-order valence-electron chi connectivity index (χ0n) is 14.2. The van der Waals surface area contributed by atoms with Crippen LogP contribution in [-0.4, -0.2) is 59.4 Å². The number of ether oxygens (including phenoxy) is 3. The van der Waals surface area contributed by atoms with Gasteiger partial charge in [-0.05, 0) is 41.5 Å². The van der Waals surface area contributed by atoms with Crippen molar-refractivity contribution in [2.75, 3.05) is 13.7 Å². The Kier molecular flexibility index (Phi) is 5.63. The zero-order chi connectivity index (χ0) is 16.4. The van der Waals surface area contributed by atoms with Crippen LogP contribution in [0.1, 0.15) is 48.0 Å². The van der Waals surface area contributed by atoms with Crippen LogP contribution in [0.25, 0.3) is 0 Å². The molecule has 1 rings (SSSR count). The Morgan fingerprint density at radius 2 is 2.05 bits per heavy atom. The maximum Gasteiger partial charge on any atom is 0.412 e. The van der Waals surface area contributed by atoms with Gasteiger partial charge >= 0.3 is 6.09 Å². The predicted molar refractivity (Wildman–Crippen MR) is 79.0 cm³/mol. The van der Waals surface area contributed by atoms with Crippen molar-refractivity contribution in [3.05, 3.63) is 0 Å². The minimum atomic E-state index is -0.747. The Labute approximate surface area is 127 Å². The van der Waals surface area contributed by atoms with Crippen LogP contribution < -0.4 is 0 Å². The molecule has 3 atom stereocenters. The zero-order valence-corrected chi connectivity index (χ0v) is 14.2. The number of methoxy groups -OCH3 is 1. The van der Waals surface area contributed by atoms with Crippen LogP contribution >= 0.6 is 0 Å². The molecule has 21 heavy (non-hydrogen) atoms. The number of hydrogen-bond acceptors (Lipinski definition) is 5. The number of amides is 1. The molecule has 0 aromatic rings. The van der Waals surface area contributed by atoms with E-state index >= 15 is 0 Å². The first-order chi connectivity index (χ1) is 9.46. The van der Waals surface area contributed by atoms with E-state index in [4.69, 9.17) is 14.2 Å². The van der Waals surface area contributed by atoms with Gasteiger partial charge in [-0.2, -0.15) is 0 Å². The summed E-state index contributed by atoms with van der Waals surface area (Å²) in [5.41, 5.74) is -1.29. The molecule has 0 spiro atoms. The first-order valence-electron chi connectivity index (χ1n) is 7.35. The molecule has 1 aliphatic heterocycles. The van der Waals surface area contributed by atoms with Crippen molar-refractivity contribution in [1.29, 1.82) is 0 Å². The molecule has 1 amide bonds. The van der Waals surface area contributed by atoms with Gasteiger partial charge in [0, 0.05) is 13.5 Å². The Bertz CT molecular complexity index is 364. The lowest BCUT2D eigenvalue weighted by Crippen LogP contribution is -2.46. The van der Waals surface area contributed by atoms with Gasteiger partial charge in [0.05, 0.1) is 24.9 Å².